The number of hydrogen-bond acceptors (Lipinski definition) is 3. The van der Waals surface area contributed by atoms with Gasteiger partial charge in [0.25, 0.3) is 5.91 Å². The van der Waals surface area contributed by atoms with E-state index < -0.39 is 0 Å². The molecule has 156 valence electrons. The Morgan fingerprint density at radius 2 is 1.47 bits per heavy atom. The molecule has 0 fully saturated rings. The maximum Gasteiger partial charge on any atom is 0.251 e. The van der Waals surface area contributed by atoms with E-state index in [2.05, 4.69) is 62.9 Å². The van der Waals surface area contributed by atoms with Gasteiger partial charge in [0.15, 0.2) is 0 Å². The fourth-order valence-corrected chi connectivity index (χ4v) is 3.25. The summed E-state index contributed by atoms with van der Waals surface area (Å²) in [6.07, 6.45) is 5.26. The summed E-state index contributed by atoms with van der Waals surface area (Å²) < 4.78 is 0. The van der Waals surface area contributed by atoms with Crippen LogP contribution in [-0.2, 0) is 17.4 Å². The van der Waals surface area contributed by atoms with Gasteiger partial charge in [-0.15, -0.1) is 0 Å². The van der Waals surface area contributed by atoms with Crippen molar-refractivity contribution in [2.75, 3.05) is 0 Å². The lowest BCUT2D eigenvalue weighted by Gasteiger charge is -2.26. The smallest absolute Gasteiger partial charge is 0.251 e. The summed E-state index contributed by atoms with van der Waals surface area (Å²) in [7, 11) is 0. The largest absolute Gasteiger partial charge is 0.348 e. The minimum absolute atomic E-state index is 0.0336. The number of rotatable bonds is 4. The second kappa shape index (κ2) is 8.39. The molecule has 3 rings (SSSR count). The van der Waals surface area contributed by atoms with E-state index in [1.165, 1.54) is 11.1 Å². The number of carbonyl (C=O) groups excluding carboxylic acids is 1. The molecule has 0 radical (unpaired) electrons. The Labute approximate surface area is 179 Å². The zero-order valence-electron chi connectivity index (χ0n) is 18.8. The van der Waals surface area contributed by atoms with Crippen molar-refractivity contribution in [1.82, 2.24) is 15.3 Å². The van der Waals surface area contributed by atoms with Crippen LogP contribution >= 0.6 is 0 Å². The third-order valence-corrected chi connectivity index (χ3v) is 5.21. The molecule has 1 amide bonds. The van der Waals surface area contributed by atoms with Crippen LogP contribution < -0.4 is 5.32 Å². The number of nitrogens with one attached hydrogen (secondary N) is 1. The topological polar surface area (TPSA) is 54.9 Å². The lowest BCUT2D eigenvalue weighted by Crippen LogP contribution is -2.25. The molecule has 4 nitrogen and oxygen atoms in total. The first-order valence-corrected chi connectivity index (χ1v) is 10.3. The Morgan fingerprint density at radius 1 is 0.867 bits per heavy atom. The fourth-order valence-electron chi connectivity index (χ4n) is 3.25. The molecule has 2 heterocycles. The molecule has 30 heavy (non-hydrogen) atoms. The van der Waals surface area contributed by atoms with E-state index in [9.17, 15) is 4.79 Å². The predicted molar refractivity (Wildman–Crippen MR) is 122 cm³/mol. The zero-order valence-corrected chi connectivity index (χ0v) is 18.8. The number of aromatic nitrogens is 2. The van der Waals surface area contributed by atoms with Gasteiger partial charge in [0.2, 0.25) is 0 Å². The van der Waals surface area contributed by atoms with Gasteiger partial charge in [-0.2, -0.15) is 0 Å². The van der Waals surface area contributed by atoms with Crippen LogP contribution in [0.4, 0.5) is 0 Å². The van der Waals surface area contributed by atoms with E-state index in [-0.39, 0.29) is 16.7 Å². The van der Waals surface area contributed by atoms with Crippen molar-refractivity contribution < 1.29 is 4.79 Å². The maximum atomic E-state index is 13.1. The van der Waals surface area contributed by atoms with Crippen LogP contribution in [0.2, 0.25) is 0 Å². The van der Waals surface area contributed by atoms with Gasteiger partial charge in [-0.25, -0.2) is 0 Å². The molecule has 1 N–H and O–H groups in total. The molecular weight excluding hydrogens is 370 g/mol. The lowest BCUT2D eigenvalue weighted by atomic mass is 9.79. The Hall–Kier alpha value is -3.01. The number of pyridine rings is 2. The first kappa shape index (κ1) is 21.7. The zero-order chi connectivity index (χ0) is 21.9. The second-order valence-electron chi connectivity index (χ2n) is 9.73. The molecular formula is C26H31N3O. The highest BCUT2D eigenvalue weighted by molar-refractivity contribution is 5.94. The summed E-state index contributed by atoms with van der Waals surface area (Å²) in [4.78, 5) is 21.7. The van der Waals surface area contributed by atoms with Gasteiger partial charge < -0.3 is 5.32 Å². The van der Waals surface area contributed by atoms with Crippen molar-refractivity contribution >= 4 is 5.91 Å². The van der Waals surface area contributed by atoms with Crippen molar-refractivity contribution in [3.8, 4) is 11.3 Å². The molecule has 3 aromatic rings. The van der Waals surface area contributed by atoms with E-state index in [0.29, 0.717) is 12.1 Å². The molecule has 0 atom stereocenters. The number of amides is 1. The van der Waals surface area contributed by atoms with Crippen LogP contribution in [0, 0.1) is 0 Å². The first-order chi connectivity index (χ1) is 14.1. The normalized spacial score (nSPS) is 11.9. The number of nitrogens with zero attached hydrogens (tertiary/aromatic N) is 2. The van der Waals surface area contributed by atoms with Crippen molar-refractivity contribution in [2.45, 2.75) is 58.9 Å². The van der Waals surface area contributed by atoms with Crippen molar-refractivity contribution in [3.63, 3.8) is 0 Å². The van der Waals surface area contributed by atoms with Crippen LogP contribution in [0.3, 0.4) is 0 Å². The van der Waals surface area contributed by atoms with Gasteiger partial charge in [-0.1, -0.05) is 53.7 Å². The summed E-state index contributed by atoms with van der Waals surface area (Å²) in [5.74, 6) is -0.0730. The number of benzene rings is 1. The SMILES string of the molecule is CC(C)(C)c1cc(C(=O)NCc2cccnc2-c2ccncc2)cc(C(C)(C)C)c1. The molecule has 0 bridgehead atoms. The molecule has 0 spiro atoms. The highest BCUT2D eigenvalue weighted by Gasteiger charge is 2.22. The Kier molecular flexibility index (Phi) is 6.06. The minimum Gasteiger partial charge on any atom is -0.348 e. The highest BCUT2D eigenvalue weighted by Crippen LogP contribution is 2.30. The van der Waals surface area contributed by atoms with Crippen LogP contribution in [0.25, 0.3) is 11.3 Å². The third kappa shape index (κ3) is 5.12. The van der Waals surface area contributed by atoms with Crippen LogP contribution in [0.5, 0.6) is 0 Å². The van der Waals surface area contributed by atoms with E-state index >= 15 is 0 Å². The van der Waals surface area contributed by atoms with Gasteiger partial charge >= 0.3 is 0 Å². The predicted octanol–water partition coefficient (Wildman–Crippen LogP) is 5.67. The van der Waals surface area contributed by atoms with E-state index in [4.69, 9.17) is 0 Å². The first-order valence-electron chi connectivity index (χ1n) is 10.3. The minimum atomic E-state index is -0.0730. The third-order valence-electron chi connectivity index (χ3n) is 5.21. The summed E-state index contributed by atoms with van der Waals surface area (Å²) in [6, 6.07) is 14.0. The van der Waals surface area contributed by atoms with E-state index in [1.807, 2.05) is 36.4 Å². The van der Waals surface area contributed by atoms with Gasteiger partial charge in [-0.3, -0.25) is 14.8 Å². The average molecular weight is 402 g/mol. The quantitative estimate of drug-likeness (QED) is 0.613. The van der Waals surface area contributed by atoms with Crippen molar-refractivity contribution in [2.24, 2.45) is 0 Å². The van der Waals surface area contributed by atoms with Gasteiger partial charge in [0, 0.05) is 36.3 Å². The Morgan fingerprint density at radius 3 is 2.03 bits per heavy atom. The van der Waals surface area contributed by atoms with Gasteiger partial charge in [-0.05, 0) is 57.9 Å². The molecule has 0 saturated heterocycles. The molecule has 2 aromatic heterocycles. The molecule has 0 aliphatic heterocycles. The molecule has 0 unspecified atom stereocenters. The monoisotopic (exact) mass is 401 g/mol. The van der Waals surface area contributed by atoms with Crippen LogP contribution in [-0.4, -0.2) is 15.9 Å². The number of hydrogen-bond donors (Lipinski definition) is 1. The van der Waals surface area contributed by atoms with Crippen molar-refractivity contribution in [3.05, 3.63) is 83.3 Å². The molecule has 1 aromatic carbocycles. The van der Waals surface area contributed by atoms with Crippen LogP contribution in [0.1, 0.15) is 68.6 Å². The lowest BCUT2D eigenvalue weighted by molar-refractivity contribution is 0.0950. The Bertz CT molecular complexity index is 996. The second-order valence-corrected chi connectivity index (χ2v) is 9.73. The molecule has 0 saturated carbocycles. The fraction of sp³-hybridized carbons (Fsp3) is 0.346. The Balaban J connectivity index is 1.88. The summed E-state index contributed by atoms with van der Waals surface area (Å²) in [6.45, 7) is 13.5. The van der Waals surface area contributed by atoms with Crippen LogP contribution in [0.15, 0.2) is 61.1 Å². The number of carbonyl (C=O) groups is 1. The summed E-state index contributed by atoms with van der Waals surface area (Å²) in [5, 5.41) is 3.09. The average Bonchev–Trinajstić information content (AvgIpc) is 2.71. The van der Waals surface area contributed by atoms with E-state index in [1.54, 1.807) is 18.6 Å². The maximum absolute atomic E-state index is 13.1. The van der Waals surface area contributed by atoms with Crippen molar-refractivity contribution in [1.29, 1.82) is 0 Å². The van der Waals surface area contributed by atoms with E-state index in [0.717, 1.165) is 16.8 Å². The summed E-state index contributed by atoms with van der Waals surface area (Å²) >= 11 is 0. The summed E-state index contributed by atoms with van der Waals surface area (Å²) in [5.41, 5.74) is 5.78. The van der Waals surface area contributed by atoms with Gasteiger partial charge in [0.1, 0.15) is 0 Å². The highest BCUT2D eigenvalue weighted by atomic mass is 16.1. The molecule has 0 aliphatic rings. The van der Waals surface area contributed by atoms with Gasteiger partial charge in [0.05, 0.1) is 5.69 Å². The molecule has 0 aliphatic carbocycles. The standard InChI is InChI=1S/C26H31N3O/c1-25(2,3)21-14-20(15-22(16-21)26(4,5)6)24(30)29-17-19-8-7-11-28-23(19)18-9-12-27-13-10-18/h7-16H,17H2,1-6H3,(H,29,30). The molecule has 4 heteroatoms.